The van der Waals surface area contributed by atoms with Gasteiger partial charge >= 0.3 is 17.9 Å². The molecule has 1 atom stereocenters. The van der Waals surface area contributed by atoms with Gasteiger partial charge in [0.05, 0.1) is 0 Å². The molecule has 6 nitrogen and oxygen atoms in total. The van der Waals surface area contributed by atoms with Crippen LogP contribution in [0.5, 0.6) is 0 Å². The summed E-state index contributed by atoms with van der Waals surface area (Å²) in [5.41, 5.74) is 0. The van der Waals surface area contributed by atoms with Gasteiger partial charge in [-0.25, -0.2) is 0 Å². The lowest BCUT2D eigenvalue weighted by Gasteiger charge is -2.18. The van der Waals surface area contributed by atoms with Crippen molar-refractivity contribution in [3.05, 3.63) is 48.6 Å². The molecule has 0 N–H and O–H groups in total. The minimum Gasteiger partial charge on any atom is -0.462 e. The summed E-state index contributed by atoms with van der Waals surface area (Å²) in [5, 5.41) is 0. The van der Waals surface area contributed by atoms with Gasteiger partial charge in [0.1, 0.15) is 13.2 Å². The lowest BCUT2D eigenvalue weighted by molar-refractivity contribution is -0.167. The smallest absolute Gasteiger partial charge is 0.306 e. The molecule has 0 radical (unpaired) electrons. The van der Waals surface area contributed by atoms with E-state index in [-0.39, 0.29) is 31.1 Å². The van der Waals surface area contributed by atoms with Crippen LogP contribution in [0.1, 0.15) is 201 Å². The highest BCUT2D eigenvalue weighted by Gasteiger charge is 2.19. The maximum Gasteiger partial charge on any atom is 0.306 e. The second kappa shape index (κ2) is 40.1. The fourth-order valence-electron chi connectivity index (χ4n) is 5.69. The molecule has 0 aliphatic heterocycles. The molecule has 1 unspecified atom stereocenters. The number of carbonyl (C=O) groups is 3. The van der Waals surface area contributed by atoms with Crippen LogP contribution < -0.4 is 0 Å². The quantitative estimate of drug-likeness (QED) is 0.0276. The van der Waals surface area contributed by atoms with E-state index in [4.69, 9.17) is 14.2 Å². The van der Waals surface area contributed by atoms with Gasteiger partial charge in [-0.1, -0.05) is 159 Å². The normalized spacial score (nSPS) is 12.5. The molecule has 0 rings (SSSR count). The molecule has 0 spiro atoms. The van der Waals surface area contributed by atoms with Gasteiger partial charge in [-0.05, 0) is 70.6 Å². The van der Waals surface area contributed by atoms with Gasteiger partial charge in [0.15, 0.2) is 6.10 Å². The second-order valence-electron chi connectivity index (χ2n) is 13.8. The van der Waals surface area contributed by atoms with E-state index in [1.165, 1.54) is 57.8 Å². The zero-order valence-corrected chi connectivity index (χ0v) is 33.4. The van der Waals surface area contributed by atoms with Crippen LogP contribution in [0.15, 0.2) is 48.6 Å². The summed E-state index contributed by atoms with van der Waals surface area (Å²) in [4.78, 5) is 37.5. The summed E-state index contributed by atoms with van der Waals surface area (Å²) >= 11 is 0. The number of unbranched alkanes of at least 4 members (excludes halogenated alkanes) is 18. The molecule has 0 saturated heterocycles. The number of carbonyl (C=O) groups excluding carboxylic acids is 3. The van der Waals surface area contributed by atoms with Crippen molar-refractivity contribution in [3.8, 4) is 0 Å². The van der Waals surface area contributed by atoms with Gasteiger partial charge in [0.2, 0.25) is 0 Å². The lowest BCUT2D eigenvalue weighted by atomic mass is 10.0. The van der Waals surface area contributed by atoms with Gasteiger partial charge in [-0.15, -0.1) is 0 Å². The Morgan fingerprint density at radius 1 is 0.412 bits per heavy atom. The summed E-state index contributed by atoms with van der Waals surface area (Å²) < 4.78 is 16.6. The first-order chi connectivity index (χ1) is 25.0. The maximum absolute atomic E-state index is 12.7. The Morgan fingerprint density at radius 2 is 0.765 bits per heavy atom. The third-order valence-corrected chi connectivity index (χ3v) is 8.83. The number of hydrogen-bond acceptors (Lipinski definition) is 6. The topological polar surface area (TPSA) is 78.9 Å². The minimum absolute atomic E-state index is 0.0899. The van der Waals surface area contributed by atoms with Crippen molar-refractivity contribution in [2.45, 2.75) is 207 Å². The average Bonchev–Trinajstić information content (AvgIpc) is 3.12. The van der Waals surface area contributed by atoms with Gasteiger partial charge in [-0.3, -0.25) is 14.4 Å². The van der Waals surface area contributed by atoms with Crippen LogP contribution in [0.4, 0.5) is 0 Å². The molecule has 0 aromatic rings. The third-order valence-electron chi connectivity index (χ3n) is 8.83. The number of rotatable bonds is 37. The van der Waals surface area contributed by atoms with Gasteiger partial charge in [-0.2, -0.15) is 0 Å². The third kappa shape index (κ3) is 38.4. The first-order valence-corrected chi connectivity index (χ1v) is 21.1. The van der Waals surface area contributed by atoms with Crippen molar-refractivity contribution in [2.24, 2.45) is 0 Å². The van der Waals surface area contributed by atoms with E-state index >= 15 is 0 Å². The SMILES string of the molecule is CC/C=C\C/C=C\CCCCCCCC(=O)OCC(COC(=O)CCCC/C=C\C/C=C\CC)OC(=O)CCCCCCCCCCCCCC. The molecule has 0 aromatic carbocycles. The van der Waals surface area contributed by atoms with Crippen molar-refractivity contribution >= 4 is 17.9 Å². The Labute approximate surface area is 314 Å². The molecule has 0 amide bonds. The van der Waals surface area contributed by atoms with Gasteiger partial charge < -0.3 is 14.2 Å². The zero-order chi connectivity index (χ0) is 37.3. The molecule has 51 heavy (non-hydrogen) atoms. The second-order valence-corrected chi connectivity index (χ2v) is 13.8. The Morgan fingerprint density at radius 3 is 1.22 bits per heavy atom. The summed E-state index contributed by atoms with van der Waals surface area (Å²) in [6.45, 7) is 6.34. The Kier molecular flexibility index (Phi) is 38.1. The van der Waals surface area contributed by atoms with E-state index in [9.17, 15) is 14.4 Å². The standard InChI is InChI=1S/C45H78O6/c1-4-7-10-13-16-19-21-23-26-29-32-35-38-44(47)50-41-42(40-49-43(46)37-34-31-28-25-18-15-12-9-6-3)51-45(48)39-36-33-30-27-24-22-20-17-14-11-8-5-2/h7,9-10,12,16,18-19,25,42H,4-6,8,11,13-15,17,20-24,26-41H2,1-3H3/b10-7-,12-9-,19-16-,25-18-. The summed E-state index contributed by atoms with van der Waals surface area (Å²) in [6.07, 6.45) is 45.3. The van der Waals surface area contributed by atoms with Crippen LogP contribution in [-0.2, 0) is 28.6 Å². The van der Waals surface area contributed by atoms with E-state index in [1.807, 2.05) is 0 Å². The van der Waals surface area contributed by atoms with Crippen LogP contribution in [-0.4, -0.2) is 37.2 Å². The first-order valence-electron chi connectivity index (χ1n) is 21.1. The van der Waals surface area contributed by atoms with Crippen molar-refractivity contribution < 1.29 is 28.6 Å². The fraction of sp³-hybridized carbons (Fsp3) is 0.756. The highest BCUT2D eigenvalue weighted by molar-refractivity contribution is 5.71. The van der Waals surface area contributed by atoms with E-state index in [0.717, 1.165) is 103 Å². The van der Waals surface area contributed by atoms with Crippen molar-refractivity contribution in [1.29, 1.82) is 0 Å². The summed E-state index contributed by atoms with van der Waals surface area (Å²) in [6, 6.07) is 0. The molecule has 0 saturated carbocycles. The molecule has 0 aromatic heterocycles. The predicted octanol–water partition coefficient (Wildman–Crippen LogP) is 13.2. The van der Waals surface area contributed by atoms with Gasteiger partial charge in [0.25, 0.3) is 0 Å². The zero-order valence-electron chi connectivity index (χ0n) is 33.4. The predicted molar refractivity (Wildman–Crippen MR) is 215 cm³/mol. The van der Waals surface area contributed by atoms with Crippen LogP contribution in [0.3, 0.4) is 0 Å². The number of allylic oxidation sites excluding steroid dienone is 8. The van der Waals surface area contributed by atoms with Crippen molar-refractivity contribution in [1.82, 2.24) is 0 Å². The monoisotopic (exact) mass is 715 g/mol. The van der Waals surface area contributed by atoms with Crippen molar-refractivity contribution in [2.75, 3.05) is 13.2 Å². The highest BCUT2D eigenvalue weighted by Crippen LogP contribution is 2.14. The minimum atomic E-state index is -0.785. The van der Waals surface area contributed by atoms with E-state index in [2.05, 4.69) is 69.4 Å². The Balaban J connectivity index is 4.41. The maximum atomic E-state index is 12.7. The van der Waals surface area contributed by atoms with Crippen LogP contribution in [0.25, 0.3) is 0 Å². The number of esters is 3. The first kappa shape index (κ1) is 48.4. The lowest BCUT2D eigenvalue weighted by Crippen LogP contribution is -2.30. The Hall–Kier alpha value is -2.63. The molecule has 0 heterocycles. The van der Waals surface area contributed by atoms with Crippen molar-refractivity contribution in [3.63, 3.8) is 0 Å². The molecule has 294 valence electrons. The molecule has 0 fully saturated rings. The molecular weight excluding hydrogens is 636 g/mol. The molecule has 0 bridgehead atoms. The molecule has 6 heteroatoms. The van der Waals surface area contributed by atoms with Crippen LogP contribution in [0.2, 0.25) is 0 Å². The number of ether oxygens (including phenoxy) is 3. The molecule has 0 aliphatic rings. The fourth-order valence-corrected chi connectivity index (χ4v) is 5.69. The van der Waals surface area contributed by atoms with Crippen LogP contribution in [0, 0.1) is 0 Å². The van der Waals surface area contributed by atoms with E-state index in [1.54, 1.807) is 0 Å². The summed E-state index contributed by atoms with van der Waals surface area (Å²) in [7, 11) is 0. The molecular formula is C45H78O6. The Bertz CT molecular complexity index is 918. The number of hydrogen-bond donors (Lipinski definition) is 0. The molecule has 0 aliphatic carbocycles. The van der Waals surface area contributed by atoms with Gasteiger partial charge in [0, 0.05) is 19.3 Å². The van der Waals surface area contributed by atoms with Crippen LogP contribution >= 0.6 is 0 Å². The van der Waals surface area contributed by atoms with E-state index in [0.29, 0.717) is 19.3 Å². The largest absolute Gasteiger partial charge is 0.462 e. The average molecular weight is 715 g/mol. The summed E-state index contributed by atoms with van der Waals surface area (Å²) in [5.74, 6) is -0.946. The highest BCUT2D eigenvalue weighted by atomic mass is 16.6. The van der Waals surface area contributed by atoms with E-state index < -0.39 is 6.10 Å².